The second-order valence-corrected chi connectivity index (χ2v) is 6.02. The maximum absolute atomic E-state index is 12.8. The zero-order chi connectivity index (χ0) is 15.0. The van der Waals surface area contributed by atoms with Crippen LogP contribution in [0.25, 0.3) is 0 Å². The molecular weight excluding hydrogens is 268 g/mol. The van der Waals surface area contributed by atoms with Crippen LogP contribution >= 0.6 is 0 Å². The first kappa shape index (κ1) is 14.1. The number of carbonyl (C=O) groups is 2. The molecule has 3 amide bonds. The molecule has 0 saturated carbocycles. The van der Waals surface area contributed by atoms with Gasteiger partial charge in [-0.15, -0.1) is 0 Å². The van der Waals surface area contributed by atoms with E-state index in [1.54, 1.807) is 6.92 Å². The van der Waals surface area contributed by atoms with Gasteiger partial charge in [-0.2, -0.15) is 0 Å². The topological polar surface area (TPSA) is 58.6 Å². The highest BCUT2D eigenvalue weighted by atomic mass is 16.5. The molecule has 0 unspecified atom stereocenters. The number of amides is 3. The Morgan fingerprint density at radius 1 is 1.38 bits per heavy atom. The van der Waals surface area contributed by atoms with E-state index >= 15 is 0 Å². The Hall–Kier alpha value is -1.88. The van der Waals surface area contributed by atoms with Crippen LogP contribution in [0, 0.1) is 12.8 Å². The molecule has 0 aliphatic carbocycles. The van der Waals surface area contributed by atoms with E-state index in [1.165, 1.54) is 4.90 Å². The average Bonchev–Trinajstić information content (AvgIpc) is 3.03. The monoisotopic (exact) mass is 288 g/mol. The summed E-state index contributed by atoms with van der Waals surface area (Å²) in [5.74, 6) is 0.0765. The predicted octanol–water partition coefficient (Wildman–Crippen LogP) is 1.80. The van der Waals surface area contributed by atoms with Crippen LogP contribution in [0.15, 0.2) is 24.3 Å². The number of nitrogens with zero attached hydrogens (tertiary/aromatic N) is 1. The van der Waals surface area contributed by atoms with Gasteiger partial charge in [-0.25, -0.2) is 4.79 Å². The standard InChI is InChI=1S/C16H20N2O3/c1-11-5-3-4-6-13(11)16(2)14(19)18(15(20)17-16)9-12-7-8-21-10-12/h3-6,12H,7-10H2,1-2H3,(H,17,20)/t12-,16-/m1/s1. The third kappa shape index (κ3) is 2.31. The van der Waals surface area contributed by atoms with Gasteiger partial charge in [0.15, 0.2) is 0 Å². The van der Waals surface area contributed by atoms with Crippen molar-refractivity contribution >= 4 is 11.9 Å². The zero-order valence-electron chi connectivity index (χ0n) is 12.4. The van der Waals surface area contributed by atoms with Crippen LogP contribution in [-0.2, 0) is 15.1 Å². The molecule has 0 radical (unpaired) electrons. The number of carbonyl (C=O) groups excluding carboxylic acids is 2. The number of imide groups is 1. The van der Waals surface area contributed by atoms with Crippen LogP contribution in [0.1, 0.15) is 24.5 Å². The molecule has 3 rings (SSSR count). The first-order chi connectivity index (χ1) is 10.0. The van der Waals surface area contributed by atoms with Crippen LogP contribution in [-0.4, -0.2) is 36.6 Å². The minimum atomic E-state index is -0.970. The summed E-state index contributed by atoms with van der Waals surface area (Å²) in [4.78, 5) is 26.3. The number of urea groups is 1. The summed E-state index contributed by atoms with van der Waals surface area (Å²) in [6.07, 6.45) is 0.901. The van der Waals surface area contributed by atoms with Gasteiger partial charge < -0.3 is 10.1 Å². The van der Waals surface area contributed by atoms with Crippen LogP contribution < -0.4 is 5.32 Å². The second-order valence-electron chi connectivity index (χ2n) is 6.02. The molecule has 1 aromatic rings. The summed E-state index contributed by atoms with van der Waals surface area (Å²) >= 11 is 0. The summed E-state index contributed by atoms with van der Waals surface area (Å²) in [5, 5.41) is 2.86. The van der Waals surface area contributed by atoms with Gasteiger partial charge in [0.1, 0.15) is 5.54 Å². The largest absolute Gasteiger partial charge is 0.381 e. The summed E-state index contributed by atoms with van der Waals surface area (Å²) < 4.78 is 5.32. The number of nitrogens with one attached hydrogen (secondary N) is 1. The summed E-state index contributed by atoms with van der Waals surface area (Å²) in [7, 11) is 0. The highest BCUT2D eigenvalue weighted by Crippen LogP contribution is 2.31. The molecule has 0 bridgehead atoms. The van der Waals surface area contributed by atoms with Crippen molar-refractivity contribution < 1.29 is 14.3 Å². The van der Waals surface area contributed by atoms with Gasteiger partial charge in [0.05, 0.1) is 6.61 Å². The van der Waals surface area contributed by atoms with Crippen LogP contribution in [0.4, 0.5) is 4.79 Å². The summed E-state index contributed by atoms with van der Waals surface area (Å²) in [6.45, 7) is 5.50. The minimum Gasteiger partial charge on any atom is -0.381 e. The lowest BCUT2D eigenvalue weighted by atomic mass is 9.88. The molecule has 112 valence electrons. The maximum atomic E-state index is 12.8. The molecule has 2 saturated heterocycles. The molecule has 2 heterocycles. The molecule has 2 aliphatic heterocycles. The second kappa shape index (κ2) is 5.15. The van der Waals surface area contributed by atoms with Crippen molar-refractivity contribution in [2.75, 3.05) is 19.8 Å². The number of benzene rings is 1. The van der Waals surface area contributed by atoms with E-state index in [2.05, 4.69) is 5.32 Å². The van der Waals surface area contributed by atoms with Crippen molar-refractivity contribution in [2.24, 2.45) is 5.92 Å². The molecular formula is C16H20N2O3. The van der Waals surface area contributed by atoms with E-state index in [1.807, 2.05) is 31.2 Å². The molecule has 1 aromatic carbocycles. The van der Waals surface area contributed by atoms with E-state index in [9.17, 15) is 9.59 Å². The molecule has 5 nitrogen and oxygen atoms in total. The Kier molecular flexibility index (Phi) is 3.45. The van der Waals surface area contributed by atoms with Crippen LogP contribution in [0.3, 0.4) is 0 Å². The van der Waals surface area contributed by atoms with E-state index in [4.69, 9.17) is 4.74 Å². The summed E-state index contributed by atoms with van der Waals surface area (Å²) in [6, 6.07) is 7.36. The molecule has 21 heavy (non-hydrogen) atoms. The molecule has 2 aliphatic rings. The Morgan fingerprint density at radius 3 is 2.81 bits per heavy atom. The third-order valence-corrected chi connectivity index (χ3v) is 4.42. The molecule has 0 aromatic heterocycles. The minimum absolute atomic E-state index is 0.172. The van der Waals surface area contributed by atoms with Gasteiger partial charge >= 0.3 is 6.03 Å². The van der Waals surface area contributed by atoms with Crippen LogP contribution in [0.5, 0.6) is 0 Å². The van der Waals surface area contributed by atoms with Gasteiger partial charge in [-0.1, -0.05) is 24.3 Å². The average molecular weight is 288 g/mol. The summed E-state index contributed by atoms with van der Waals surface area (Å²) in [5.41, 5.74) is 0.884. The van der Waals surface area contributed by atoms with Gasteiger partial charge in [0.25, 0.3) is 5.91 Å². The van der Waals surface area contributed by atoms with Crippen molar-refractivity contribution in [3.63, 3.8) is 0 Å². The Labute approximate surface area is 124 Å². The molecule has 0 spiro atoms. The van der Waals surface area contributed by atoms with Crippen molar-refractivity contribution in [1.29, 1.82) is 0 Å². The normalized spacial score (nSPS) is 29.0. The fourth-order valence-electron chi connectivity index (χ4n) is 3.16. The highest BCUT2D eigenvalue weighted by molar-refractivity contribution is 6.07. The van der Waals surface area contributed by atoms with Crippen molar-refractivity contribution in [3.05, 3.63) is 35.4 Å². The molecule has 1 N–H and O–H groups in total. The first-order valence-corrected chi connectivity index (χ1v) is 7.30. The fraction of sp³-hybridized carbons (Fsp3) is 0.500. The van der Waals surface area contributed by atoms with Crippen molar-refractivity contribution in [1.82, 2.24) is 10.2 Å². The van der Waals surface area contributed by atoms with E-state index in [0.717, 1.165) is 17.5 Å². The number of rotatable bonds is 3. The highest BCUT2D eigenvalue weighted by Gasteiger charge is 2.49. The lowest BCUT2D eigenvalue weighted by Crippen LogP contribution is -2.42. The Bertz CT molecular complexity index is 581. The molecule has 2 fully saturated rings. The van der Waals surface area contributed by atoms with Crippen LogP contribution in [0.2, 0.25) is 0 Å². The van der Waals surface area contributed by atoms with E-state index < -0.39 is 5.54 Å². The third-order valence-electron chi connectivity index (χ3n) is 4.42. The number of hydrogen-bond donors (Lipinski definition) is 1. The Balaban J connectivity index is 1.87. The van der Waals surface area contributed by atoms with Gasteiger partial charge in [-0.05, 0) is 31.4 Å². The van der Waals surface area contributed by atoms with Gasteiger partial charge in [0.2, 0.25) is 0 Å². The zero-order valence-corrected chi connectivity index (χ0v) is 12.4. The lowest BCUT2D eigenvalue weighted by molar-refractivity contribution is -0.131. The molecule has 2 atom stereocenters. The number of ether oxygens (including phenoxy) is 1. The van der Waals surface area contributed by atoms with Gasteiger partial charge in [-0.3, -0.25) is 9.69 Å². The number of aryl methyl sites for hydroxylation is 1. The Morgan fingerprint density at radius 2 is 2.14 bits per heavy atom. The lowest BCUT2D eigenvalue weighted by Gasteiger charge is -2.24. The van der Waals surface area contributed by atoms with E-state index in [0.29, 0.717) is 19.8 Å². The number of hydrogen-bond acceptors (Lipinski definition) is 3. The predicted molar refractivity (Wildman–Crippen MR) is 77.7 cm³/mol. The SMILES string of the molecule is Cc1ccccc1[C@@]1(C)NC(=O)N(C[C@H]2CCOC2)C1=O. The van der Waals surface area contributed by atoms with Gasteiger partial charge in [0, 0.05) is 19.1 Å². The maximum Gasteiger partial charge on any atom is 0.325 e. The quantitative estimate of drug-likeness (QED) is 0.863. The van der Waals surface area contributed by atoms with Crippen molar-refractivity contribution in [3.8, 4) is 0 Å². The first-order valence-electron chi connectivity index (χ1n) is 7.30. The van der Waals surface area contributed by atoms with Crippen molar-refractivity contribution in [2.45, 2.75) is 25.8 Å². The smallest absolute Gasteiger partial charge is 0.325 e. The van der Waals surface area contributed by atoms with E-state index in [-0.39, 0.29) is 17.9 Å². The fourth-order valence-corrected chi connectivity index (χ4v) is 3.16. The molecule has 5 heteroatoms.